The number of carbonyl (C=O) groups excluding carboxylic acids is 1. The number of hydrogen-bond acceptors (Lipinski definition) is 5. The third-order valence-corrected chi connectivity index (χ3v) is 5.69. The van der Waals surface area contributed by atoms with Crippen molar-refractivity contribution in [1.29, 1.82) is 0 Å². The number of rotatable bonds is 5. The molecule has 1 N–H and O–H groups in total. The smallest absolute Gasteiger partial charge is 0.324 e. The highest BCUT2D eigenvalue weighted by molar-refractivity contribution is 7.09. The van der Waals surface area contributed by atoms with E-state index in [1.165, 1.54) is 15.9 Å². The predicted octanol–water partition coefficient (Wildman–Crippen LogP) is 2.88. The van der Waals surface area contributed by atoms with E-state index in [9.17, 15) is 14.4 Å². The molecule has 1 aromatic heterocycles. The Morgan fingerprint density at radius 1 is 1.13 bits per heavy atom. The first-order valence-corrected chi connectivity index (χ1v) is 10.3. The molecule has 3 heterocycles. The number of pyridine rings is 1. The minimum atomic E-state index is -0.629. The highest BCUT2D eigenvalue weighted by Crippen LogP contribution is 2.18. The summed E-state index contributed by atoms with van der Waals surface area (Å²) in [6, 6.07) is 12.8. The second kappa shape index (κ2) is 8.08. The van der Waals surface area contributed by atoms with Gasteiger partial charge in [0.05, 0.1) is 12.1 Å². The van der Waals surface area contributed by atoms with Crippen LogP contribution < -0.4 is 16.6 Å². The van der Waals surface area contributed by atoms with Crippen molar-refractivity contribution >= 4 is 22.9 Å². The second-order valence-electron chi connectivity index (χ2n) is 7.10. The van der Waals surface area contributed by atoms with E-state index in [-0.39, 0.29) is 24.8 Å². The molecule has 2 aromatic rings. The molecular weight excluding hydrogens is 400 g/mol. The van der Waals surface area contributed by atoms with E-state index < -0.39 is 11.2 Å². The normalized spacial score (nSPS) is 11.0. The lowest BCUT2D eigenvalue weighted by molar-refractivity contribution is -0.116. The van der Waals surface area contributed by atoms with Gasteiger partial charge in [0.1, 0.15) is 6.54 Å². The van der Waals surface area contributed by atoms with E-state index in [0.29, 0.717) is 5.56 Å². The van der Waals surface area contributed by atoms with Crippen LogP contribution in [-0.4, -0.2) is 20.0 Å². The molecule has 152 valence electrons. The number of hydrogen-bond donors (Lipinski definition) is 1. The molecule has 0 saturated heterocycles. The van der Waals surface area contributed by atoms with Crippen LogP contribution in [0.1, 0.15) is 16.0 Å². The minimum Gasteiger partial charge on any atom is -0.324 e. The maximum absolute atomic E-state index is 12.9. The Kier molecular flexibility index (Phi) is 5.33. The van der Waals surface area contributed by atoms with Crippen molar-refractivity contribution in [3.8, 4) is 11.4 Å². The molecule has 0 saturated carbocycles. The lowest BCUT2D eigenvalue weighted by Crippen LogP contribution is -2.38. The third kappa shape index (κ3) is 3.95. The van der Waals surface area contributed by atoms with Gasteiger partial charge in [0.15, 0.2) is 5.82 Å². The van der Waals surface area contributed by atoms with E-state index in [2.05, 4.69) is 10.3 Å². The maximum Gasteiger partial charge on any atom is 0.352 e. The second-order valence-corrected chi connectivity index (χ2v) is 8.14. The van der Waals surface area contributed by atoms with Crippen molar-refractivity contribution in [2.24, 2.45) is 0 Å². The van der Waals surface area contributed by atoms with Gasteiger partial charge in [-0.3, -0.25) is 14.2 Å². The Bertz CT molecular complexity index is 1300. The van der Waals surface area contributed by atoms with Crippen LogP contribution >= 0.6 is 11.3 Å². The van der Waals surface area contributed by atoms with Crippen molar-refractivity contribution < 1.29 is 4.79 Å². The average molecular weight is 420 g/mol. The van der Waals surface area contributed by atoms with Crippen LogP contribution in [0.4, 0.5) is 5.69 Å². The highest BCUT2D eigenvalue weighted by atomic mass is 32.1. The fourth-order valence-corrected chi connectivity index (χ4v) is 3.95. The molecule has 30 heavy (non-hydrogen) atoms. The monoisotopic (exact) mass is 420 g/mol. The van der Waals surface area contributed by atoms with Gasteiger partial charge in [0.25, 0.3) is 5.56 Å². The Balaban J connectivity index is 1.65. The van der Waals surface area contributed by atoms with Crippen molar-refractivity contribution in [3.05, 3.63) is 90.9 Å². The lowest BCUT2D eigenvalue weighted by Gasteiger charge is -2.15. The average Bonchev–Trinajstić information content (AvgIpc) is 3.22. The molecule has 0 atom stereocenters. The SMILES string of the molecule is Cc1ccc(C)c(NC(=O)Cn2cccc3c(=O)n(Cc4cccs4)c(=O)nc2-3)c1. The van der Waals surface area contributed by atoms with Crippen molar-refractivity contribution in [3.63, 3.8) is 0 Å². The van der Waals surface area contributed by atoms with Gasteiger partial charge in [0, 0.05) is 16.8 Å². The van der Waals surface area contributed by atoms with Crippen LogP contribution in [0.3, 0.4) is 0 Å². The zero-order valence-corrected chi connectivity index (χ0v) is 17.4. The summed E-state index contributed by atoms with van der Waals surface area (Å²) < 4.78 is 2.64. The van der Waals surface area contributed by atoms with Crippen LogP contribution in [0.5, 0.6) is 0 Å². The third-order valence-electron chi connectivity index (χ3n) is 4.83. The number of thiophene rings is 1. The van der Waals surface area contributed by atoms with Crippen molar-refractivity contribution in [2.45, 2.75) is 26.9 Å². The fourth-order valence-electron chi connectivity index (χ4n) is 3.26. The van der Waals surface area contributed by atoms with Crippen LogP contribution in [0.2, 0.25) is 0 Å². The number of carbonyl (C=O) groups is 1. The van der Waals surface area contributed by atoms with Crippen LogP contribution in [0.25, 0.3) is 11.4 Å². The van der Waals surface area contributed by atoms with Gasteiger partial charge >= 0.3 is 5.69 Å². The summed E-state index contributed by atoms with van der Waals surface area (Å²) in [6.45, 7) is 3.99. The summed E-state index contributed by atoms with van der Waals surface area (Å²) >= 11 is 1.47. The van der Waals surface area contributed by atoms with E-state index in [0.717, 1.165) is 26.3 Å². The van der Waals surface area contributed by atoms with Crippen molar-refractivity contribution in [2.75, 3.05) is 5.32 Å². The summed E-state index contributed by atoms with van der Waals surface area (Å²) in [5.41, 5.74) is 1.98. The number of nitrogens with zero attached hydrogens (tertiary/aromatic N) is 3. The van der Waals surface area contributed by atoms with Gasteiger partial charge in [0.2, 0.25) is 5.91 Å². The van der Waals surface area contributed by atoms with E-state index in [4.69, 9.17) is 0 Å². The first-order chi connectivity index (χ1) is 14.4. The molecule has 0 aliphatic carbocycles. The molecule has 0 radical (unpaired) electrons. The molecule has 7 nitrogen and oxygen atoms in total. The molecule has 4 rings (SSSR count). The van der Waals surface area contributed by atoms with Crippen molar-refractivity contribution in [1.82, 2.24) is 14.1 Å². The zero-order chi connectivity index (χ0) is 21.3. The summed E-state index contributed by atoms with van der Waals surface area (Å²) in [5, 5.41) is 4.78. The van der Waals surface area contributed by atoms with E-state index >= 15 is 0 Å². The molecule has 0 spiro atoms. The standard InChI is InChI=1S/C22H20N4O3S/c1-14-7-8-15(2)18(11-14)23-19(27)13-25-9-3-6-17-20(25)24-22(29)26(21(17)28)12-16-5-4-10-30-16/h3-11H,12-13H2,1-2H3,(H,23,27). The van der Waals surface area contributed by atoms with Gasteiger partial charge in [-0.2, -0.15) is 4.98 Å². The summed E-state index contributed by atoms with van der Waals surface area (Å²) in [5.74, 6) is -0.0655. The summed E-state index contributed by atoms with van der Waals surface area (Å²) in [4.78, 5) is 43.1. The first kappa shape index (κ1) is 19.8. The number of aryl methyl sites for hydroxylation is 2. The molecule has 2 aliphatic heterocycles. The number of aromatic nitrogens is 3. The molecule has 0 fully saturated rings. The molecule has 8 heteroatoms. The first-order valence-electron chi connectivity index (χ1n) is 9.42. The Hall–Kier alpha value is -3.52. The maximum atomic E-state index is 12.9. The predicted molar refractivity (Wildman–Crippen MR) is 117 cm³/mol. The van der Waals surface area contributed by atoms with Crippen LogP contribution in [-0.2, 0) is 17.9 Å². The molecule has 1 aromatic carbocycles. The fraction of sp³-hybridized carbons (Fsp3) is 0.182. The van der Waals surface area contributed by atoms with Gasteiger partial charge in [-0.05, 0) is 54.6 Å². The Labute approximate surface area is 176 Å². The topological polar surface area (TPSA) is 86.0 Å². The number of amides is 1. The molecule has 1 amide bonds. The highest BCUT2D eigenvalue weighted by Gasteiger charge is 2.18. The van der Waals surface area contributed by atoms with Crippen LogP contribution in [0.15, 0.2) is 63.6 Å². The molecular formula is C22H20N4O3S. The summed E-state index contributed by atoms with van der Waals surface area (Å²) in [6.07, 6.45) is 1.64. The van der Waals surface area contributed by atoms with Crippen LogP contribution in [0, 0.1) is 13.8 Å². The van der Waals surface area contributed by atoms with Gasteiger partial charge in [-0.15, -0.1) is 11.3 Å². The van der Waals surface area contributed by atoms with Gasteiger partial charge < -0.3 is 9.88 Å². The summed E-state index contributed by atoms with van der Waals surface area (Å²) in [7, 11) is 0. The molecule has 2 aliphatic rings. The van der Waals surface area contributed by atoms with E-state index in [1.807, 2.05) is 49.6 Å². The minimum absolute atomic E-state index is 0.0639. The number of benzene rings is 1. The quantitative estimate of drug-likeness (QED) is 0.538. The van der Waals surface area contributed by atoms with Gasteiger partial charge in [-0.25, -0.2) is 4.79 Å². The number of anilines is 1. The number of fused-ring (bicyclic) bond motifs is 1. The van der Waals surface area contributed by atoms with E-state index in [1.54, 1.807) is 18.3 Å². The Morgan fingerprint density at radius 2 is 1.97 bits per heavy atom. The number of nitrogens with one attached hydrogen (secondary N) is 1. The Morgan fingerprint density at radius 3 is 2.73 bits per heavy atom. The molecule has 0 bridgehead atoms. The molecule has 0 unspecified atom stereocenters. The lowest BCUT2D eigenvalue weighted by atomic mass is 10.1. The zero-order valence-electron chi connectivity index (χ0n) is 16.6. The van der Waals surface area contributed by atoms with Gasteiger partial charge in [-0.1, -0.05) is 18.2 Å². The largest absolute Gasteiger partial charge is 0.352 e.